The van der Waals surface area contributed by atoms with Crippen LogP contribution in [0.1, 0.15) is 21.6 Å². The summed E-state index contributed by atoms with van der Waals surface area (Å²) in [5.74, 6) is -0.201. The summed E-state index contributed by atoms with van der Waals surface area (Å²) in [7, 11) is 0. The molecule has 0 aliphatic carbocycles. The highest BCUT2D eigenvalue weighted by atomic mass is 32.1. The van der Waals surface area contributed by atoms with Crippen LogP contribution in [-0.4, -0.2) is 32.5 Å². The molecule has 0 radical (unpaired) electrons. The summed E-state index contributed by atoms with van der Waals surface area (Å²) in [6, 6.07) is 7.66. The van der Waals surface area contributed by atoms with Crippen molar-refractivity contribution in [3.8, 4) is 10.7 Å². The maximum Gasteiger partial charge on any atom is 0.270 e. The van der Waals surface area contributed by atoms with Crippen molar-refractivity contribution in [1.82, 2.24) is 20.3 Å². The zero-order valence-corrected chi connectivity index (χ0v) is 13.7. The highest BCUT2D eigenvalue weighted by molar-refractivity contribution is 7.13. The van der Waals surface area contributed by atoms with E-state index in [-0.39, 0.29) is 12.5 Å². The normalized spacial score (nSPS) is 10.5. The third-order valence-corrected chi connectivity index (χ3v) is 4.29. The topological polar surface area (TPSA) is 88.0 Å². The van der Waals surface area contributed by atoms with Crippen LogP contribution in [0.4, 0.5) is 0 Å². The number of hydrogen-bond acceptors (Lipinski definition) is 6. The van der Waals surface area contributed by atoms with Gasteiger partial charge in [-0.25, -0.2) is 4.98 Å². The molecule has 0 spiro atoms. The molecule has 1 aromatic carbocycles. The predicted octanol–water partition coefficient (Wildman–Crippen LogP) is 2.06. The number of benzene rings is 1. The second-order valence-corrected chi connectivity index (χ2v) is 5.97. The van der Waals surface area contributed by atoms with Gasteiger partial charge in [-0.2, -0.15) is 0 Å². The van der Waals surface area contributed by atoms with E-state index in [1.807, 2.05) is 24.3 Å². The van der Waals surface area contributed by atoms with Crippen molar-refractivity contribution in [3.05, 3.63) is 65.1 Å². The summed E-state index contributed by atoms with van der Waals surface area (Å²) >= 11 is 1.37. The second-order valence-electron chi connectivity index (χ2n) is 5.11. The van der Waals surface area contributed by atoms with Crippen molar-refractivity contribution in [2.45, 2.75) is 13.0 Å². The molecule has 0 bridgehead atoms. The van der Waals surface area contributed by atoms with E-state index in [1.165, 1.54) is 11.3 Å². The number of rotatable bonds is 6. The number of aliphatic hydroxyl groups is 1. The number of aromatic nitrogens is 3. The van der Waals surface area contributed by atoms with Crippen molar-refractivity contribution in [2.24, 2.45) is 0 Å². The lowest BCUT2D eigenvalue weighted by atomic mass is 10.1. The Bertz CT molecular complexity index is 803. The van der Waals surface area contributed by atoms with E-state index in [4.69, 9.17) is 5.11 Å². The molecule has 0 atom stereocenters. The van der Waals surface area contributed by atoms with Crippen LogP contribution in [0.15, 0.2) is 48.2 Å². The summed E-state index contributed by atoms with van der Waals surface area (Å²) < 4.78 is 0. The Morgan fingerprint density at radius 3 is 2.67 bits per heavy atom. The zero-order chi connectivity index (χ0) is 16.8. The molecule has 3 aromatic rings. The molecule has 0 saturated heterocycles. The van der Waals surface area contributed by atoms with Gasteiger partial charge in [-0.05, 0) is 17.5 Å². The first-order valence-corrected chi connectivity index (χ1v) is 8.33. The van der Waals surface area contributed by atoms with Crippen LogP contribution in [0.3, 0.4) is 0 Å². The Balaban J connectivity index is 1.54. The van der Waals surface area contributed by atoms with Gasteiger partial charge in [-0.15, -0.1) is 11.3 Å². The minimum atomic E-state index is -0.201. The molecule has 1 amide bonds. The maximum atomic E-state index is 12.1. The number of carbonyl (C=O) groups is 1. The van der Waals surface area contributed by atoms with Gasteiger partial charge >= 0.3 is 0 Å². The third-order valence-electron chi connectivity index (χ3n) is 3.42. The Morgan fingerprint density at radius 2 is 1.96 bits per heavy atom. The average molecular weight is 340 g/mol. The first kappa shape index (κ1) is 16.2. The van der Waals surface area contributed by atoms with E-state index in [2.05, 4.69) is 20.3 Å². The quantitative estimate of drug-likeness (QED) is 0.717. The lowest BCUT2D eigenvalue weighted by molar-refractivity contribution is 0.0950. The molecule has 3 rings (SSSR count). The van der Waals surface area contributed by atoms with E-state index >= 15 is 0 Å². The van der Waals surface area contributed by atoms with Crippen LogP contribution in [0.2, 0.25) is 0 Å². The molecular weight excluding hydrogens is 324 g/mol. The molecule has 122 valence electrons. The molecule has 6 nitrogen and oxygen atoms in total. The SMILES string of the molecule is O=C(NCCc1ccc(CO)cc1)c1csc(-c2cnccn2)n1. The summed E-state index contributed by atoms with van der Waals surface area (Å²) in [4.78, 5) is 24.6. The van der Waals surface area contributed by atoms with Crippen molar-refractivity contribution in [1.29, 1.82) is 0 Å². The number of thiazole rings is 1. The molecule has 0 aliphatic heterocycles. The highest BCUT2D eigenvalue weighted by Gasteiger charge is 2.12. The highest BCUT2D eigenvalue weighted by Crippen LogP contribution is 2.20. The molecule has 2 aromatic heterocycles. The Hall–Kier alpha value is -2.64. The van der Waals surface area contributed by atoms with Gasteiger partial charge in [0.05, 0.1) is 12.8 Å². The van der Waals surface area contributed by atoms with Crippen molar-refractivity contribution < 1.29 is 9.90 Å². The molecule has 2 N–H and O–H groups in total. The van der Waals surface area contributed by atoms with Crippen LogP contribution in [0, 0.1) is 0 Å². The monoisotopic (exact) mass is 340 g/mol. The van der Waals surface area contributed by atoms with Gasteiger partial charge in [0.2, 0.25) is 0 Å². The smallest absolute Gasteiger partial charge is 0.270 e. The van der Waals surface area contributed by atoms with Gasteiger partial charge in [0.15, 0.2) is 0 Å². The number of aliphatic hydroxyl groups excluding tert-OH is 1. The van der Waals surface area contributed by atoms with Crippen LogP contribution in [0.25, 0.3) is 10.7 Å². The fourth-order valence-corrected chi connectivity index (χ4v) is 2.89. The fourth-order valence-electron chi connectivity index (χ4n) is 2.13. The number of hydrogen-bond donors (Lipinski definition) is 2. The van der Waals surface area contributed by atoms with Gasteiger partial charge in [-0.1, -0.05) is 24.3 Å². The standard InChI is InChI=1S/C17H16N4O2S/c22-10-13-3-1-12(2-4-13)5-6-20-16(23)15-11-24-17(21-15)14-9-18-7-8-19-14/h1-4,7-9,11,22H,5-6,10H2,(H,20,23). The Morgan fingerprint density at radius 1 is 1.17 bits per heavy atom. The fraction of sp³-hybridized carbons (Fsp3) is 0.176. The van der Waals surface area contributed by atoms with E-state index in [9.17, 15) is 4.79 Å². The predicted molar refractivity (Wildman–Crippen MR) is 91.5 cm³/mol. The van der Waals surface area contributed by atoms with Gasteiger partial charge < -0.3 is 10.4 Å². The number of amides is 1. The molecule has 24 heavy (non-hydrogen) atoms. The second kappa shape index (κ2) is 7.76. The van der Waals surface area contributed by atoms with Gasteiger partial charge in [-0.3, -0.25) is 14.8 Å². The number of nitrogens with zero attached hydrogens (tertiary/aromatic N) is 3. The van der Waals surface area contributed by atoms with Gasteiger partial charge in [0.1, 0.15) is 16.4 Å². The summed E-state index contributed by atoms with van der Waals surface area (Å²) in [6.07, 6.45) is 5.53. The minimum Gasteiger partial charge on any atom is -0.392 e. The van der Waals surface area contributed by atoms with E-state index in [1.54, 1.807) is 24.0 Å². The van der Waals surface area contributed by atoms with Crippen LogP contribution in [-0.2, 0) is 13.0 Å². The van der Waals surface area contributed by atoms with Crippen molar-refractivity contribution >= 4 is 17.2 Å². The van der Waals surface area contributed by atoms with Crippen LogP contribution in [0.5, 0.6) is 0 Å². The maximum absolute atomic E-state index is 12.1. The van der Waals surface area contributed by atoms with Crippen LogP contribution >= 0.6 is 11.3 Å². The number of carbonyl (C=O) groups excluding carboxylic acids is 1. The lowest BCUT2D eigenvalue weighted by Gasteiger charge is -2.04. The van der Waals surface area contributed by atoms with Gasteiger partial charge in [0.25, 0.3) is 5.91 Å². The van der Waals surface area contributed by atoms with Crippen molar-refractivity contribution in [3.63, 3.8) is 0 Å². The first-order valence-electron chi connectivity index (χ1n) is 7.45. The Kier molecular flexibility index (Phi) is 5.25. The zero-order valence-electron chi connectivity index (χ0n) is 12.8. The molecule has 2 heterocycles. The van der Waals surface area contributed by atoms with E-state index in [0.29, 0.717) is 22.9 Å². The molecule has 0 aliphatic rings. The minimum absolute atomic E-state index is 0.0367. The first-order chi connectivity index (χ1) is 11.8. The summed E-state index contributed by atoms with van der Waals surface area (Å²) in [6.45, 7) is 0.560. The van der Waals surface area contributed by atoms with E-state index < -0.39 is 0 Å². The Labute approximate surface area is 143 Å². The molecular formula is C17H16N4O2S. The third kappa shape index (κ3) is 4.01. The molecule has 0 saturated carbocycles. The lowest BCUT2D eigenvalue weighted by Crippen LogP contribution is -2.25. The molecule has 0 fully saturated rings. The van der Waals surface area contributed by atoms with Gasteiger partial charge in [0, 0.05) is 24.3 Å². The van der Waals surface area contributed by atoms with Crippen LogP contribution < -0.4 is 5.32 Å². The summed E-state index contributed by atoms with van der Waals surface area (Å²) in [5, 5.41) is 14.3. The molecule has 0 unspecified atom stereocenters. The summed E-state index contributed by atoms with van der Waals surface area (Å²) in [5.41, 5.74) is 3.02. The molecule has 7 heteroatoms. The average Bonchev–Trinajstić information content (AvgIpc) is 3.13. The van der Waals surface area contributed by atoms with E-state index in [0.717, 1.165) is 17.5 Å². The van der Waals surface area contributed by atoms with Crippen molar-refractivity contribution in [2.75, 3.05) is 6.54 Å². The largest absolute Gasteiger partial charge is 0.392 e. The number of nitrogens with one attached hydrogen (secondary N) is 1.